The summed E-state index contributed by atoms with van der Waals surface area (Å²) in [5.74, 6) is 0. The zero-order chi connectivity index (χ0) is 15.0. The standard InChI is InChI=1S/C14H11Cl2N3OS/c1-8-7-21-14-18-10(5-13(20)19(8)14)6-17-12-4-9(15)2-3-11(12)16/h2-5,7,17H,6H2,1H3. The molecular weight excluding hydrogens is 329 g/mol. The molecule has 2 heterocycles. The summed E-state index contributed by atoms with van der Waals surface area (Å²) < 4.78 is 1.60. The van der Waals surface area contributed by atoms with Crippen LogP contribution in [0.25, 0.3) is 4.96 Å². The van der Waals surface area contributed by atoms with Crippen LogP contribution in [0.2, 0.25) is 10.0 Å². The highest BCUT2D eigenvalue weighted by molar-refractivity contribution is 7.15. The number of anilines is 1. The van der Waals surface area contributed by atoms with Gasteiger partial charge >= 0.3 is 0 Å². The van der Waals surface area contributed by atoms with Gasteiger partial charge in [-0.25, -0.2) is 4.98 Å². The second-order valence-electron chi connectivity index (χ2n) is 4.56. The highest BCUT2D eigenvalue weighted by atomic mass is 35.5. The smallest absolute Gasteiger partial charge is 0.259 e. The largest absolute Gasteiger partial charge is 0.378 e. The summed E-state index contributed by atoms with van der Waals surface area (Å²) in [7, 11) is 0. The lowest BCUT2D eigenvalue weighted by Gasteiger charge is -2.08. The van der Waals surface area contributed by atoms with Gasteiger partial charge in [0.2, 0.25) is 0 Å². The lowest BCUT2D eigenvalue weighted by atomic mass is 10.3. The Morgan fingerprint density at radius 2 is 2.14 bits per heavy atom. The van der Waals surface area contributed by atoms with Gasteiger partial charge in [-0.2, -0.15) is 0 Å². The van der Waals surface area contributed by atoms with E-state index >= 15 is 0 Å². The number of benzene rings is 1. The number of hydrogen-bond acceptors (Lipinski definition) is 4. The molecule has 0 amide bonds. The van der Waals surface area contributed by atoms with Crippen molar-refractivity contribution in [2.45, 2.75) is 13.5 Å². The van der Waals surface area contributed by atoms with Gasteiger partial charge < -0.3 is 5.32 Å². The monoisotopic (exact) mass is 339 g/mol. The van der Waals surface area contributed by atoms with Gasteiger partial charge in [-0.3, -0.25) is 9.20 Å². The predicted molar refractivity (Wildman–Crippen MR) is 87.9 cm³/mol. The molecule has 0 atom stereocenters. The highest BCUT2D eigenvalue weighted by Crippen LogP contribution is 2.25. The molecule has 0 unspecified atom stereocenters. The first kappa shape index (κ1) is 14.4. The van der Waals surface area contributed by atoms with Crippen LogP contribution in [-0.2, 0) is 6.54 Å². The first-order valence-electron chi connectivity index (χ1n) is 6.20. The quantitative estimate of drug-likeness (QED) is 0.784. The van der Waals surface area contributed by atoms with Crippen molar-refractivity contribution in [3.8, 4) is 0 Å². The van der Waals surface area contributed by atoms with Crippen LogP contribution < -0.4 is 10.9 Å². The molecule has 0 aliphatic carbocycles. The molecule has 4 nitrogen and oxygen atoms in total. The van der Waals surface area contributed by atoms with Crippen molar-refractivity contribution < 1.29 is 0 Å². The van der Waals surface area contributed by atoms with Crippen molar-refractivity contribution in [1.82, 2.24) is 9.38 Å². The number of hydrogen-bond donors (Lipinski definition) is 1. The molecule has 0 bridgehead atoms. The van der Waals surface area contributed by atoms with E-state index in [9.17, 15) is 4.79 Å². The van der Waals surface area contributed by atoms with E-state index in [1.807, 2.05) is 12.3 Å². The van der Waals surface area contributed by atoms with E-state index in [0.717, 1.165) is 5.69 Å². The van der Waals surface area contributed by atoms with Crippen LogP contribution in [0.3, 0.4) is 0 Å². The Bertz CT molecular complexity index is 872. The van der Waals surface area contributed by atoms with Gasteiger partial charge in [0.1, 0.15) is 0 Å². The van der Waals surface area contributed by atoms with Crippen LogP contribution in [0.15, 0.2) is 34.4 Å². The molecular formula is C14H11Cl2N3OS. The zero-order valence-corrected chi connectivity index (χ0v) is 13.4. The summed E-state index contributed by atoms with van der Waals surface area (Å²) in [5, 5.41) is 6.23. The van der Waals surface area contributed by atoms with Crippen molar-refractivity contribution in [2.75, 3.05) is 5.32 Å². The van der Waals surface area contributed by atoms with Crippen molar-refractivity contribution in [1.29, 1.82) is 0 Å². The van der Waals surface area contributed by atoms with Crippen molar-refractivity contribution in [3.63, 3.8) is 0 Å². The van der Waals surface area contributed by atoms with Gasteiger partial charge in [-0.05, 0) is 25.1 Å². The predicted octanol–water partition coefficient (Wildman–Crippen LogP) is 3.98. The fourth-order valence-corrected chi connectivity index (χ4v) is 3.26. The van der Waals surface area contributed by atoms with Gasteiger partial charge in [0, 0.05) is 22.2 Å². The van der Waals surface area contributed by atoms with E-state index in [4.69, 9.17) is 23.2 Å². The molecule has 0 aliphatic heterocycles. The Hall–Kier alpha value is -1.56. The minimum Gasteiger partial charge on any atom is -0.378 e. The Morgan fingerprint density at radius 3 is 2.95 bits per heavy atom. The van der Waals surface area contributed by atoms with Crippen LogP contribution in [0.5, 0.6) is 0 Å². The Labute approximate surface area is 135 Å². The van der Waals surface area contributed by atoms with E-state index in [2.05, 4.69) is 10.3 Å². The third-order valence-electron chi connectivity index (χ3n) is 3.02. The van der Waals surface area contributed by atoms with Crippen LogP contribution in [0.4, 0.5) is 5.69 Å². The average molecular weight is 340 g/mol. The van der Waals surface area contributed by atoms with Crippen LogP contribution in [0, 0.1) is 6.92 Å². The molecule has 2 aromatic heterocycles. The molecule has 0 spiro atoms. The maximum atomic E-state index is 12.1. The van der Waals surface area contributed by atoms with E-state index in [-0.39, 0.29) is 5.56 Å². The van der Waals surface area contributed by atoms with Crippen molar-refractivity contribution >= 4 is 45.2 Å². The first-order chi connectivity index (χ1) is 10.0. The Morgan fingerprint density at radius 1 is 1.33 bits per heavy atom. The summed E-state index contributed by atoms with van der Waals surface area (Å²) in [4.78, 5) is 17.2. The lowest BCUT2D eigenvalue weighted by Crippen LogP contribution is -2.16. The lowest BCUT2D eigenvalue weighted by molar-refractivity contribution is 0.966. The minimum atomic E-state index is -0.0762. The maximum absolute atomic E-state index is 12.1. The molecule has 0 saturated heterocycles. The molecule has 0 radical (unpaired) electrons. The first-order valence-corrected chi connectivity index (χ1v) is 7.84. The molecule has 1 aromatic carbocycles. The number of nitrogens with zero attached hydrogens (tertiary/aromatic N) is 2. The topological polar surface area (TPSA) is 46.4 Å². The average Bonchev–Trinajstić information content (AvgIpc) is 2.82. The number of fused-ring (bicyclic) bond motifs is 1. The molecule has 3 aromatic rings. The molecule has 1 N–H and O–H groups in total. The zero-order valence-electron chi connectivity index (χ0n) is 11.1. The van der Waals surface area contributed by atoms with Gasteiger partial charge in [0.15, 0.2) is 4.96 Å². The van der Waals surface area contributed by atoms with Crippen LogP contribution >= 0.6 is 34.5 Å². The van der Waals surface area contributed by atoms with Crippen molar-refractivity contribution in [2.24, 2.45) is 0 Å². The van der Waals surface area contributed by atoms with E-state index in [1.165, 1.54) is 17.4 Å². The van der Waals surface area contributed by atoms with E-state index in [0.29, 0.717) is 32.9 Å². The van der Waals surface area contributed by atoms with Gasteiger partial charge in [-0.1, -0.05) is 23.2 Å². The summed E-state index contributed by atoms with van der Waals surface area (Å²) in [6, 6.07) is 6.71. The number of nitrogens with one attached hydrogen (secondary N) is 1. The summed E-state index contributed by atoms with van der Waals surface area (Å²) in [6.07, 6.45) is 0. The fraction of sp³-hybridized carbons (Fsp3) is 0.143. The van der Waals surface area contributed by atoms with Crippen molar-refractivity contribution in [3.05, 3.63) is 61.4 Å². The number of thiazole rings is 1. The minimum absolute atomic E-state index is 0.0762. The second-order valence-corrected chi connectivity index (χ2v) is 6.24. The van der Waals surface area contributed by atoms with Gasteiger partial charge in [0.25, 0.3) is 5.56 Å². The van der Waals surface area contributed by atoms with E-state index in [1.54, 1.807) is 22.6 Å². The molecule has 21 heavy (non-hydrogen) atoms. The number of aryl methyl sites for hydroxylation is 1. The van der Waals surface area contributed by atoms with Gasteiger partial charge in [-0.15, -0.1) is 11.3 Å². The van der Waals surface area contributed by atoms with Crippen LogP contribution in [0.1, 0.15) is 11.4 Å². The molecule has 3 rings (SSSR count). The number of aromatic nitrogens is 2. The molecule has 108 valence electrons. The second kappa shape index (κ2) is 5.67. The number of halogens is 2. The fourth-order valence-electron chi connectivity index (χ4n) is 2.01. The summed E-state index contributed by atoms with van der Waals surface area (Å²) in [5.41, 5.74) is 2.20. The summed E-state index contributed by atoms with van der Waals surface area (Å²) in [6.45, 7) is 2.29. The molecule has 7 heteroatoms. The van der Waals surface area contributed by atoms with Gasteiger partial charge in [0.05, 0.1) is 22.9 Å². The molecule has 0 fully saturated rings. The third-order valence-corrected chi connectivity index (χ3v) is 4.53. The van der Waals surface area contributed by atoms with Crippen LogP contribution in [-0.4, -0.2) is 9.38 Å². The normalized spacial score (nSPS) is 11.0. The third kappa shape index (κ3) is 2.90. The molecule has 0 aliphatic rings. The maximum Gasteiger partial charge on any atom is 0.259 e. The number of rotatable bonds is 3. The highest BCUT2D eigenvalue weighted by Gasteiger charge is 2.07. The Kier molecular flexibility index (Phi) is 3.89. The Balaban J connectivity index is 1.88. The SMILES string of the molecule is Cc1csc2nc(CNc3cc(Cl)ccc3Cl)cc(=O)n12. The van der Waals surface area contributed by atoms with E-state index < -0.39 is 0 Å². The summed E-state index contributed by atoms with van der Waals surface area (Å²) >= 11 is 13.5. The molecule has 0 saturated carbocycles.